The molecule has 0 spiro atoms. The summed E-state index contributed by atoms with van der Waals surface area (Å²) in [5.41, 5.74) is 0. The van der Waals surface area contributed by atoms with Crippen molar-refractivity contribution >= 4 is 6.29 Å². The van der Waals surface area contributed by atoms with Crippen molar-refractivity contribution in [1.82, 2.24) is 0 Å². The van der Waals surface area contributed by atoms with Crippen LogP contribution in [-0.2, 0) is 4.79 Å². The van der Waals surface area contributed by atoms with Gasteiger partial charge in [0.1, 0.15) is 6.29 Å². The van der Waals surface area contributed by atoms with Crippen molar-refractivity contribution in [3.8, 4) is 11.5 Å². The molecule has 0 aliphatic heterocycles. The molecule has 2 fully saturated rings. The molecule has 0 amide bonds. The Balaban J connectivity index is 1.57. The van der Waals surface area contributed by atoms with Crippen molar-refractivity contribution in [2.45, 2.75) is 57.5 Å². The van der Waals surface area contributed by atoms with E-state index in [-0.39, 0.29) is 18.8 Å². The van der Waals surface area contributed by atoms with Crippen molar-refractivity contribution in [2.24, 2.45) is 23.7 Å². The van der Waals surface area contributed by atoms with E-state index in [1.807, 2.05) is 0 Å². The molecule has 3 nitrogen and oxygen atoms in total. The van der Waals surface area contributed by atoms with Gasteiger partial charge in [-0.1, -0.05) is 0 Å². The smallest absolute Gasteiger partial charge is 0.400 e. The molecule has 27 heavy (non-hydrogen) atoms. The molecule has 0 atom stereocenters. The monoisotopic (exact) mass is 388 g/mol. The first-order valence-electron chi connectivity index (χ1n) is 9.51. The van der Waals surface area contributed by atoms with Crippen LogP contribution in [0.1, 0.15) is 51.4 Å². The number of carbonyl (C=O) groups is 1. The average molecular weight is 388 g/mol. The van der Waals surface area contributed by atoms with Crippen molar-refractivity contribution in [3.05, 3.63) is 23.8 Å². The zero-order chi connectivity index (χ0) is 19.6. The van der Waals surface area contributed by atoms with Crippen LogP contribution >= 0.6 is 0 Å². The standard InChI is InChI=1S/C20H24F4O3/c21-18-16(26)9-10-17(19(18)22)27-20(23,24)15-7-5-14(6-8-15)13-3-1-12(11-25)2-4-13/h9-15,26H,1-8H2. The largest absolute Gasteiger partial charge is 0.505 e. The van der Waals surface area contributed by atoms with Gasteiger partial charge in [-0.15, -0.1) is 0 Å². The average Bonchev–Trinajstić information content (AvgIpc) is 2.68. The number of hydrogen-bond donors (Lipinski definition) is 1. The van der Waals surface area contributed by atoms with Crippen LogP contribution in [0.25, 0.3) is 0 Å². The molecule has 0 heterocycles. The summed E-state index contributed by atoms with van der Waals surface area (Å²) < 4.78 is 60.5. The van der Waals surface area contributed by atoms with Gasteiger partial charge in [-0.05, 0) is 75.3 Å². The molecule has 2 saturated carbocycles. The predicted molar refractivity (Wildman–Crippen MR) is 90.6 cm³/mol. The molecule has 7 heteroatoms. The lowest BCUT2D eigenvalue weighted by atomic mass is 9.69. The summed E-state index contributed by atoms with van der Waals surface area (Å²) in [5.74, 6) is -5.15. The Bertz CT molecular complexity index is 663. The fourth-order valence-corrected chi connectivity index (χ4v) is 4.51. The second-order valence-electron chi connectivity index (χ2n) is 7.80. The van der Waals surface area contributed by atoms with Crippen LogP contribution in [0.4, 0.5) is 17.6 Å². The topological polar surface area (TPSA) is 46.5 Å². The number of alkyl halides is 2. The second-order valence-corrected chi connectivity index (χ2v) is 7.80. The highest BCUT2D eigenvalue weighted by Crippen LogP contribution is 2.45. The third kappa shape index (κ3) is 4.38. The Kier molecular flexibility index (Phi) is 5.96. The van der Waals surface area contributed by atoms with Gasteiger partial charge in [0.05, 0.1) is 5.92 Å². The summed E-state index contributed by atoms with van der Waals surface area (Å²) in [6.07, 6.45) is 2.88. The maximum atomic E-state index is 14.5. The van der Waals surface area contributed by atoms with Crippen LogP contribution in [0.2, 0.25) is 0 Å². The quantitative estimate of drug-likeness (QED) is 0.539. The Morgan fingerprint density at radius 2 is 1.48 bits per heavy atom. The van der Waals surface area contributed by atoms with Gasteiger partial charge in [-0.3, -0.25) is 0 Å². The maximum Gasteiger partial charge on any atom is 0.400 e. The summed E-state index contributed by atoms with van der Waals surface area (Å²) in [4.78, 5) is 10.8. The molecule has 0 saturated heterocycles. The summed E-state index contributed by atoms with van der Waals surface area (Å²) in [5, 5.41) is 9.08. The van der Waals surface area contributed by atoms with E-state index >= 15 is 0 Å². The molecular formula is C20H24F4O3. The first-order chi connectivity index (χ1) is 12.8. The van der Waals surface area contributed by atoms with E-state index in [1.54, 1.807) is 0 Å². The van der Waals surface area contributed by atoms with Gasteiger partial charge in [0, 0.05) is 5.92 Å². The molecule has 1 aromatic rings. The highest BCUT2D eigenvalue weighted by molar-refractivity contribution is 5.53. The maximum absolute atomic E-state index is 14.5. The summed E-state index contributed by atoms with van der Waals surface area (Å²) in [6.45, 7) is 0. The van der Waals surface area contributed by atoms with Gasteiger partial charge >= 0.3 is 6.11 Å². The molecular weight excluding hydrogens is 364 g/mol. The van der Waals surface area contributed by atoms with Gasteiger partial charge in [0.15, 0.2) is 11.5 Å². The molecule has 0 bridgehead atoms. The predicted octanol–water partition coefficient (Wildman–Crippen LogP) is 5.45. The highest BCUT2D eigenvalue weighted by Gasteiger charge is 2.45. The van der Waals surface area contributed by atoms with Gasteiger partial charge in [-0.2, -0.15) is 17.6 Å². The Hall–Kier alpha value is -1.79. The number of halogens is 4. The molecule has 0 unspecified atom stereocenters. The molecule has 0 radical (unpaired) electrons. The van der Waals surface area contributed by atoms with E-state index in [0.717, 1.165) is 44.1 Å². The number of aromatic hydroxyl groups is 1. The zero-order valence-electron chi connectivity index (χ0n) is 15.0. The second kappa shape index (κ2) is 8.07. The van der Waals surface area contributed by atoms with Crippen LogP contribution in [0.5, 0.6) is 11.5 Å². The van der Waals surface area contributed by atoms with Gasteiger partial charge in [-0.25, -0.2) is 0 Å². The molecule has 2 aliphatic rings. The number of carbonyl (C=O) groups excluding carboxylic acids is 1. The van der Waals surface area contributed by atoms with E-state index in [4.69, 9.17) is 5.11 Å². The minimum absolute atomic E-state index is 0.135. The summed E-state index contributed by atoms with van der Waals surface area (Å²) in [7, 11) is 0. The normalized spacial score (nSPS) is 29.3. The lowest BCUT2D eigenvalue weighted by Crippen LogP contribution is -2.38. The van der Waals surface area contributed by atoms with Crippen LogP contribution in [0, 0.1) is 35.3 Å². The first kappa shape index (κ1) is 20.0. The molecule has 0 aromatic heterocycles. The summed E-state index contributed by atoms with van der Waals surface area (Å²) in [6, 6.07) is 1.59. The Labute approximate surface area is 155 Å². The van der Waals surface area contributed by atoms with E-state index in [9.17, 15) is 22.4 Å². The van der Waals surface area contributed by atoms with E-state index in [2.05, 4.69) is 4.74 Å². The minimum atomic E-state index is -3.61. The minimum Gasteiger partial charge on any atom is -0.505 e. The fraction of sp³-hybridized carbons (Fsp3) is 0.650. The number of benzene rings is 1. The Morgan fingerprint density at radius 3 is 2.04 bits per heavy atom. The molecule has 1 N–H and O–H groups in total. The molecule has 3 rings (SSSR count). The lowest BCUT2D eigenvalue weighted by Gasteiger charge is -2.38. The van der Waals surface area contributed by atoms with Crippen LogP contribution < -0.4 is 4.74 Å². The third-order valence-corrected chi connectivity index (χ3v) is 6.20. The Morgan fingerprint density at radius 1 is 0.926 bits per heavy atom. The first-order valence-corrected chi connectivity index (χ1v) is 9.51. The van der Waals surface area contributed by atoms with E-state index in [1.165, 1.54) is 0 Å². The van der Waals surface area contributed by atoms with Gasteiger partial charge in [0.25, 0.3) is 0 Å². The van der Waals surface area contributed by atoms with Gasteiger partial charge < -0.3 is 14.6 Å². The van der Waals surface area contributed by atoms with Crippen molar-refractivity contribution in [3.63, 3.8) is 0 Å². The summed E-state index contributed by atoms with van der Waals surface area (Å²) >= 11 is 0. The number of aldehydes is 1. The third-order valence-electron chi connectivity index (χ3n) is 6.20. The number of phenolic OH excluding ortho intramolecular Hbond substituents is 1. The van der Waals surface area contributed by atoms with Crippen molar-refractivity contribution in [2.75, 3.05) is 0 Å². The number of hydrogen-bond acceptors (Lipinski definition) is 3. The molecule has 1 aromatic carbocycles. The number of ether oxygens (including phenoxy) is 1. The van der Waals surface area contributed by atoms with Crippen molar-refractivity contribution in [1.29, 1.82) is 0 Å². The van der Waals surface area contributed by atoms with E-state index < -0.39 is 35.2 Å². The lowest BCUT2D eigenvalue weighted by molar-refractivity contribution is -0.225. The van der Waals surface area contributed by atoms with E-state index in [0.29, 0.717) is 24.7 Å². The molecule has 2 aliphatic carbocycles. The zero-order valence-corrected chi connectivity index (χ0v) is 15.0. The van der Waals surface area contributed by atoms with Crippen molar-refractivity contribution < 1.29 is 32.2 Å². The van der Waals surface area contributed by atoms with Crippen LogP contribution in [0.3, 0.4) is 0 Å². The highest BCUT2D eigenvalue weighted by atomic mass is 19.3. The SMILES string of the molecule is O=CC1CCC(C2CCC(C(F)(F)Oc3ccc(O)c(F)c3F)CC2)CC1. The van der Waals surface area contributed by atoms with Gasteiger partial charge in [0.2, 0.25) is 11.6 Å². The van der Waals surface area contributed by atoms with Crippen LogP contribution in [0.15, 0.2) is 12.1 Å². The molecule has 150 valence electrons. The van der Waals surface area contributed by atoms with Crippen LogP contribution in [-0.4, -0.2) is 17.5 Å². The fourth-order valence-electron chi connectivity index (χ4n) is 4.51. The number of rotatable bonds is 5. The number of phenols is 1.